The van der Waals surface area contributed by atoms with Crippen molar-refractivity contribution in [1.29, 1.82) is 0 Å². The van der Waals surface area contributed by atoms with Crippen LogP contribution in [-0.4, -0.2) is 24.3 Å². The van der Waals surface area contributed by atoms with Crippen LogP contribution in [0.3, 0.4) is 0 Å². The van der Waals surface area contributed by atoms with Gasteiger partial charge >= 0.3 is 5.97 Å². The van der Waals surface area contributed by atoms with Crippen LogP contribution in [0.1, 0.15) is 15.9 Å². The van der Waals surface area contributed by atoms with Crippen LogP contribution >= 0.6 is 22.9 Å². The quantitative estimate of drug-likeness (QED) is 0.154. The van der Waals surface area contributed by atoms with Gasteiger partial charge in [0.15, 0.2) is 0 Å². The number of thiazole rings is 1. The molecule has 0 amide bonds. The second-order valence-electron chi connectivity index (χ2n) is 6.60. The zero-order valence-electron chi connectivity index (χ0n) is 17.0. The van der Waals surface area contributed by atoms with Crippen molar-refractivity contribution in [3.8, 4) is 22.8 Å². The Balaban J connectivity index is 1.32. The van der Waals surface area contributed by atoms with Crippen LogP contribution in [0.5, 0.6) is 11.5 Å². The van der Waals surface area contributed by atoms with E-state index in [1.807, 2.05) is 41.8 Å². The summed E-state index contributed by atoms with van der Waals surface area (Å²) < 4.78 is 10.5. The molecule has 1 heterocycles. The molecule has 1 aromatic heterocycles. The highest BCUT2D eigenvalue weighted by Gasteiger charge is 2.09. The topological polar surface area (TPSA) is 72.8 Å². The van der Waals surface area contributed by atoms with Gasteiger partial charge in [0, 0.05) is 16.0 Å². The predicted molar refractivity (Wildman–Crippen MR) is 128 cm³/mol. The number of benzene rings is 3. The van der Waals surface area contributed by atoms with Crippen LogP contribution in [0.15, 0.2) is 83.3 Å². The van der Waals surface area contributed by atoms with Crippen molar-refractivity contribution < 1.29 is 14.3 Å². The number of halogens is 1. The van der Waals surface area contributed by atoms with Gasteiger partial charge in [-0.3, -0.25) is 5.43 Å². The Hall–Kier alpha value is -3.68. The monoisotopic (exact) mass is 463 g/mol. The molecule has 0 aliphatic heterocycles. The first kappa shape index (κ1) is 21.5. The Bertz CT molecular complexity index is 1220. The van der Waals surface area contributed by atoms with Crippen LogP contribution in [0.2, 0.25) is 5.02 Å². The van der Waals surface area contributed by atoms with Crippen molar-refractivity contribution in [3.05, 3.63) is 94.3 Å². The first-order valence-electron chi connectivity index (χ1n) is 9.57. The fourth-order valence-electron chi connectivity index (χ4n) is 2.76. The smallest absolute Gasteiger partial charge is 0.343 e. The molecule has 4 aromatic rings. The molecule has 0 aliphatic carbocycles. The SMILES string of the molecule is COc1ccc(C(=O)Oc2ccc(/C=N\Nc3nc(-c4ccc(Cl)cc4)cs3)cc2)cc1. The lowest BCUT2D eigenvalue weighted by Gasteiger charge is -2.05. The largest absolute Gasteiger partial charge is 0.497 e. The highest BCUT2D eigenvalue weighted by Crippen LogP contribution is 2.26. The van der Waals surface area contributed by atoms with Gasteiger partial charge in [0.25, 0.3) is 0 Å². The van der Waals surface area contributed by atoms with Crippen molar-refractivity contribution in [2.24, 2.45) is 5.10 Å². The molecule has 0 saturated heterocycles. The molecule has 0 spiro atoms. The molecule has 0 bridgehead atoms. The number of hydrogen-bond acceptors (Lipinski definition) is 7. The lowest BCUT2D eigenvalue weighted by Crippen LogP contribution is -2.08. The van der Waals surface area contributed by atoms with Gasteiger partial charge in [0.05, 0.1) is 24.6 Å². The minimum absolute atomic E-state index is 0.434. The third-order valence-corrected chi connectivity index (χ3v) is 5.43. The molecule has 6 nitrogen and oxygen atoms in total. The third kappa shape index (κ3) is 5.51. The fourth-order valence-corrected chi connectivity index (χ4v) is 3.55. The molecule has 4 rings (SSSR count). The maximum Gasteiger partial charge on any atom is 0.343 e. The minimum Gasteiger partial charge on any atom is -0.497 e. The summed E-state index contributed by atoms with van der Waals surface area (Å²) >= 11 is 7.38. The van der Waals surface area contributed by atoms with E-state index in [0.717, 1.165) is 16.8 Å². The average molecular weight is 464 g/mol. The first-order valence-corrected chi connectivity index (χ1v) is 10.8. The zero-order valence-corrected chi connectivity index (χ0v) is 18.6. The number of carbonyl (C=O) groups excluding carboxylic acids is 1. The van der Waals surface area contributed by atoms with Gasteiger partial charge < -0.3 is 9.47 Å². The summed E-state index contributed by atoms with van der Waals surface area (Å²) in [6.07, 6.45) is 1.67. The highest BCUT2D eigenvalue weighted by molar-refractivity contribution is 7.14. The number of carbonyl (C=O) groups is 1. The second-order valence-corrected chi connectivity index (χ2v) is 7.90. The number of hydrogen-bond donors (Lipinski definition) is 1. The van der Waals surface area contributed by atoms with Gasteiger partial charge in [-0.25, -0.2) is 9.78 Å². The normalized spacial score (nSPS) is 10.8. The van der Waals surface area contributed by atoms with E-state index in [9.17, 15) is 4.79 Å². The molecule has 0 unspecified atom stereocenters. The summed E-state index contributed by atoms with van der Waals surface area (Å²) in [6, 6.07) is 21.3. The molecule has 0 radical (unpaired) electrons. The number of aromatic nitrogens is 1. The van der Waals surface area contributed by atoms with Crippen molar-refractivity contribution in [3.63, 3.8) is 0 Å². The Morgan fingerprint density at radius 1 is 1.00 bits per heavy atom. The van der Waals surface area contributed by atoms with E-state index in [-0.39, 0.29) is 0 Å². The Kier molecular flexibility index (Phi) is 6.79. The molecular formula is C24H18ClN3O3S. The van der Waals surface area contributed by atoms with Crippen molar-refractivity contribution >= 4 is 40.3 Å². The van der Waals surface area contributed by atoms with E-state index in [1.54, 1.807) is 49.7 Å². The molecule has 1 N–H and O–H groups in total. The zero-order chi connectivity index (χ0) is 22.3. The third-order valence-electron chi connectivity index (χ3n) is 4.43. The molecule has 3 aromatic carbocycles. The van der Waals surface area contributed by atoms with Gasteiger partial charge in [0.2, 0.25) is 5.13 Å². The van der Waals surface area contributed by atoms with Gasteiger partial charge in [-0.1, -0.05) is 23.7 Å². The number of esters is 1. The van der Waals surface area contributed by atoms with Crippen LogP contribution in [0.25, 0.3) is 11.3 Å². The summed E-state index contributed by atoms with van der Waals surface area (Å²) in [5.41, 5.74) is 6.06. The van der Waals surface area contributed by atoms with Crippen molar-refractivity contribution in [2.75, 3.05) is 12.5 Å². The minimum atomic E-state index is -0.434. The van der Waals surface area contributed by atoms with Gasteiger partial charge in [-0.05, 0) is 66.2 Å². The van der Waals surface area contributed by atoms with Gasteiger partial charge in [0.1, 0.15) is 11.5 Å². The number of nitrogens with one attached hydrogen (secondary N) is 1. The Morgan fingerprint density at radius 2 is 1.69 bits per heavy atom. The number of ether oxygens (including phenoxy) is 2. The number of hydrazone groups is 1. The summed E-state index contributed by atoms with van der Waals surface area (Å²) in [5, 5.41) is 7.54. The van der Waals surface area contributed by atoms with Crippen LogP contribution in [0.4, 0.5) is 5.13 Å². The van der Waals surface area contributed by atoms with E-state index >= 15 is 0 Å². The van der Waals surface area contributed by atoms with Crippen LogP contribution in [-0.2, 0) is 0 Å². The van der Waals surface area contributed by atoms with Crippen molar-refractivity contribution in [1.82, 2.24) is 4.98 Å². The summed E-state index contributed by atoms with van der Waals surface area (Å²) in [5.74, 6) is 0.692. The molecular weight excluding hydrogens is 446 g/mol. The fraction of sp³-hybridized carbons (Fsp3) is 0.0417. The first-order chi connectivity index (χ1) is 15.6. The Morgan fingerprint density at radius 3 is 2.38 bits per heavy atom. The summed E-state index contributed by atoms with van der Waals surface area (Å²) in [4.78, 5) is 16.7. The molecule has 32 heavy (non-hydrogen) atoms. The lowest BCUT2D eigenvalue weighted by molar-refractivity contribution is 0.0734. The molecule has 8 heteroatoms. The standard InChI is InChI=1S/C24H18ClN3O3S/c1-30-20-12-6-18(7-13-20)23(29)31-21-10-2-16(3-11-21)14-26-28-24-27-22(15-32-24)17-4-8-19(25)9-5-17/h2-15H,1H3,(H,27,28)/b26-14-. The molecule has 0 atom stereocenters. The number of anilines is 1. The van der Waals surface area contributed by atoms with Crippen LogP contribution in [0, 0.1) is 0 Å². The number of nitrogens with zero attached hydrogens (tertiary/aromatic N) is 2. The predicted octanol–water partition coefficient (Wildman–Crippen LogP) is 6.14. The lowest BCUT2D eigenvalue weighted by atomic mass is 10.2. The maximum absolute atomic E-state index is 12.2. The van der Waals surface area contributed by atoms with Gasteiger partial charge in [-0.15, -0.1) is 11.3 Å². The van der Waals surface area contributed by atoms with E-state index < -0.39 is 5.97 Å². The summed E-state index contributed by atoms with van der Waals surface area (Å²) in [7, 11) is 1.57. The Labute approximate surface area is 194 Å². The van der Waals surface area contributed by atoms with E-state index in [0.29, 0.717) is 27.2 Å². The van der Waals surface area contributed by atoms with Crippen LogP contribution < -0.4 is 14.9 Å². The number of rotatable bonds is 7. The summed E-state index contributed by atoms with van der Waals surface area (Å²) in [6.45, 7) is 0. The van der Waals surface area contributed by atoms with Crippen molar-refractivity contribution in [2.45, 2.75) is 0 Å². The van der Waals surface area contributed by atoms with E-state index in [2.05, 4.69) is 15.5 Å². The van der Waals surface area contributed by atoms with E-state index in [1.165, 1.54) is 11.3 Å². The molecule has 160 valence electrons. The molecule has 0 aliphatic rings. The number of methoxy groups -OCH3 is 1. The molecule has 0 fully saturated rings. The second kappa shape index (κ2) is 10.1. The highest BCUT2D eigenvalue weighted by atomic mass is 35.5. The average Bonchev–Trinajstić information content (AvgIpc) is 3.29. The van der Waals surface area contributed by atoms with E-state index in [4.69, 9.17) is 21.1 Å². The molecule has 0 saturated carbocycles. The maximum atomic E-state index is 12.2. The van der Waals surface area contributed by atoms with Gasteiger partial charge in [-0.2, -0.15) is 5.10 Å².